The number of nitrogens with two attached hydrogens (primary N) is 1. The van der Waals surface area contributed by atoms with E-state index < -0.39 is 6.03 Å². The molecule has 0 aliphatic rings. The number of amides is 2. The molecule has 0 aliphatic carbocycles. The van der Waals surface area contributed by atoms with E-state index in [1.54, 1.807) is 0 Å². The Bertz CT molecular complexity index is 434. The summed E-state index contributed by atoms with van der Waals surface area (Å²) in [6.45, 7) is 0. The van der Waals surface area contributed by atoms with Crippen LogP contribution in [-0.4, -0.2) is 11.0 Å². The molecule has 2 aromatic rings. The largest absolute Gasteiger partial charge is 0.335 e. The highest BCUT2D eigenvalue weighted by molar-refractivity contribution is 7.22. The van der Waals surface area contributed by atoms with Gasteiger partial charge in [0.1, 0.15) is 0 Å². The number of hydrazine groups is 1. The predicted molar refractivity (Wildman–Crippen MR) is 56.0 cm³/mol. The Morgan fingerprint density at radius 1 is 1.43 bits per heavy atom. The summed E-state index contributed by atoms with van der Waals surface area (Å²) in [7, 11) is 0. The van der Waals surface area contributed by atoms with Crippen LogP contribution >= 0.6 is 11.3 Å². The van der Waals surface area contributed by atoms with Crippen molar-refractivity contribution in [3.05, 3.63) is 24.3 Å². The fraction of sp³-hybridized carbons (Fsp3) is 0. The maximum absolute atomic E-state index is 10.9. The van der Waals surface area contributed by atoms with Crippen molar-refractivity contribution >= 4 is 32.7 Å². The van der Waals surface area contributed by atoms with Crippen LogP contribution in [0.25, 0.3) is 10.2 Å². The molecule has 1 aromatic heterocycles. The second-order valence-corrected chi connectivity index (χ2v) is 3.62. The normalized spacial score (nSPS) is 10.1. The van der Waals surface area contributed by atoms with Gasteiger partial charge in [-0.3, -0.25) is 10.7 Å². The van der Waals surface area contributed by atoms with Gasteiger partial charge in [-0.05, 0) is 12.1 Å². The van der Waals surface area contributed by atoms with Gasteiger partial charge >= 0.3 is 6.03 Å². The first-order valence-corrected chi connectivity index (χ1v) is 4.74. The van der Waals surface area contributed by atoms with Crippen molar-refractivity contribution < 1.29 is 4.79 Å². The molecule has 0 unspecified atom stereocenters. The van der Waals surface area contributed by atoms with E-state index in [0.29, 0.717) is 5.13 Å². The monoisotopic (exact) mass is 208 g/mol. The van der Waals surface area contributed by atoms with Crippen molar-refractivity contribution in [3.8, 4) is 0 Å². The second kappa shape index (κ2) is 3.60. The minimum atomic E-state index is -0.468. The zero-order chi connectivity index (χ0) is 9.97. The minimum absolute atomic E-state index is 0.468. The maximum atomic E-state index is 10.9. The molecule has 72 valence electrons. The van der Waals surface area contributed by atoms with Crippen LogP contribution in [0.4, 0.5) is 9.93 Å². The molecular formula is C8H8N4OS. The molecule has 6 heteroatoms. The van der Waals surface area contributed by atoms with Gasteiger partial charge in [0.15, 0.2) is 5.13 Å². The molecule has 0 saturated carbocycles. The molecule has 14 heavy (non-hydrogen) atoms. The summed E-state index contributed by atoms with van der Waals surface area (Å²) in [6.07, 6.45) is 0. The number of hydrogen-bond donors (Lipinski definition) is 3. The molecule has 2 amide bonds. The highest BCUT2D eigenvalue weighted by Gasteiger charge is 2.04. The first-order chi connectivity index (χ1) is 6.79. The number of benzene rings is 1. The summed E-state index contributed by atoms with van der Waals surface area (Å²) in [4.78, 5) is 15.1. The van der Waals surface area contributed by atoms with Gasteiger partial charge in [0.25, 0.3) is 0 Å². The molecule has 1 heterocycles. The first-order valence-electron chi connectivity index (χ1n) is 3.93. The van der Waals surface area contributed by atoms with Crippen LogP contribution in [0, 0.1) is 0 Å². The number of thiazole rings is 1. The predicted octanol–water partition coefficient (Wildman–Crippen LogP) is 1.29. The molecule has 5 nitrogen and oxygen atoms in total. The molecule has 0 spiro atoms. The third-order valence-corrected chi connectivity index (χ3v) is 2.60. The van der Waals surface area contributed by atoms with Gasteiger partial charge in [-0.15, -0.1) is 0 Å². The van der Waals surface area contributed by atoms with Crippen LogP contribution in [0.15, 0.2) is 24.3 Å². The van der Waals surface area contributed by atoms with E-state index in [1.807, 2.05) is 29.7 Å². The van der Waals surface area contributed by atoms with Crippen molar-refractivity contribution in [3.63, 3.8) is 0 Å². The summed E-state index contributed by atoms with van der Waals surface area (Å²) in [5.74, 6) is 4.93. The van der Waals surface area contributed by atoms with Gasteiger partial charge in [-0.25, -0.2) is 15.6 Å². The van der Waals surface area contributed by atoms with Crippen molar-refractivity contribution in [1.82, 2.24) is 10.4 Å². The number of carbonyl (C=O) groups is 1. The summed E-state index contributed by atoms with van der Waals surface area (Å²) in [6, 6.07) is 7.18. The lowest BCUT2D eigenvalue weighted by atomic mass is 10.3. The van der Waals surface area contributed by atoms with Crippen LogP contribution in [0.3, 0.4) is 0 Å². The summed E-state index contributed by atoms with van der Waals surface area (Å²) < 4.78 is 1.03. The smallest absolute Gasteiger partial charge is 0.283 e. The van der Waals surface area contributed by atoms with E-state index in [1.165, 1.54) is 11.3 Å². The number of fused-ring (bicyclic) bond motifs is 1. The maximum Gasteiger partial charge on any atom is 0.335 e. The number of para-hydroxylation sites is 1. The van der Waals surface area contributed by atoms with Gasteiger partial charge < -0.3 is 0 Å². The molecule has 0 atom stereocenters. The third kappa shape index (κ3) is 1.66. The van der Waals surface area contributed by atoms with E-state index in [9.17, 15) is 4.79 Å². The lowest BCUT2D eigenvalue weighted by Gasteiger charge is -1.96. The number of anilines is 1. The van der Waals surface area contributed by atoms with Crippen LogP contribution < -0.4 is 16.6 Å². The summed E-state index contributed by atoms with van der Waals surface area (Å²) >= 11 is 1.40. The Hall–Kier alpha value is -1.66. The highest BCUT2D eigenvalue weighted by atomic mass is 32.1. The van der Waals surface area contributed by atoms with Gasteiger partial charge in [-0.1, -0.05) is 23.5 Å². The van der Waals surface area contributed by atoms with E-state index >= 15 is 0 Å². The Labute approximate surface area is 83.9 Å². The summed E-state index contributed by atoms with van der Waals surface area (Å²) in [5.41, 5.74) is 2.84. The molecule has 4 N–H and O–H groups in total. The molecule has 0 bridgehead atoms. The van der Waals surface area contributed by atoms with E-state index in [4.69, 9.17) is 5.84 Å². The Balaban J connectivity index is 2.31. The van der Waals surface area contributed by atoms with E-state index in [-0.39, 0.29) is 0 Å². The molecule has 0 fully saturated rings. The zero-order valence-corrected chi connectivity index (χ0v) is 7.97. The SMILES string of the molecule is NNC(=O)Nc1nc2ccccc2s1. The van der Waals surface area contributed by atoms with E-state index in [0.717, 1.165) is 10.2 Å². The minimum Gasteiger partial charge on any atom is -0.283 e. The second-order valence-electron chi connectivity index (χ2n) is 2.59. The number of hydrogen-bond acceptors (Lipinski definition) is 4. The van der Waals surface area contributed by atoms with Crippen LogP contribution in [-0.2, 0) is 0 Å². The van der Waals surface area contributed by atoms with Crippen LogP contribution in [0.1, 0.15) is 0 Å². The van der Waals surface area contributed by atoms with Crippen molar-refractivity contribution in [2.45, 2.75) is 0 Å². The first kappa shape index (κ1) is 8.92. The topological polar surface area (TPSA) is 80.0 Å². The Morgan fingerprint density at radius 3 is 2.93 bits per heavy atom. The Morgan fingerprint density at radius 2 is 2.21 bits per heavy atom. The van der Waals surface area contributed by atoms with Gasteiger partial charge in [0.05, 0.1) is 10.2 Å². The average Bonchev–Trinajstić information content (AvgIpc) is 2.59. The fourth-order valence-electron chi connectivity index (χ4n) is 1.06. The molecule has 0 radical (unpaired) electrons. The molecule has 0 aliphatic heterocycles. The number of carbonyl (C=O) groups excluding carboxylic acids is 1. The number of urea groups is 1. The summed E-state index contributed by atoms with van der Waals surface area (Å²) in [5, 5.41) is 3.05. The molecule has 1 aromatic carbocycles. The van der Waals surface area contributed by atoms with Crippen molar-refractivity contribution in [2.75, 3.05) is 5.32 Å². The quantitative estimate of drug-likeness (QED) is 0.375. The zero-order valence-electron chi connectivity index (χ0n) is 7.15. The third-order valence-electron chi connectivity index (χ3n) is 1.65. The number of nitrogens with one attached hydrogen (secondary N) is 2. The van der Waals surface area contributed by atoms with Gasteiger partial charge in [0, 0.05) is 0 Å². The molecular weight excluding hydrogens is 200 g/mol. The molecule has 0 saturated heterocycles. The number of nitrogens with zero attached hydrogens (tertiary/aromatic N) is 1. The van der Waals surface area contributed by atoms with Crippen molar-refractivity contribution in [1.29, 1.82) is 0 Å². The number of aromatic nitrogens is 1. The number of rotatable bonds is 1. The lowest BCUT2D eigenvalue weighted by molar-refractivity contribution is 0.252. The van der Waals surface area contributed by atoms with E-state index in [2.05, 4.69) is 10.3 Å². The van der Waals surface area contributed by atoms with Crippen LogP contribution in [0.5, 0.6) is 0 Å². The Kier molecular flexibility index (Phi) is 2.30. The fourth-order valence-corrected chi connectivity index (χ4v) is 1.92. The van der Waals surface area contributed by atoms with Crippen molar-refractivity contribution in [2.24, 2.45) is 5.84 Å². The van der Waals surface area contributed by atoms with Gasteiger partial charge in [-0.2, -0.15) is 0 Å². The van der Waals surface area contributed by atoms with Gasteiger partial charge in [0.2, 0.25) is 0 Å². The van der Waals surface area contributed by atoms with Crippen LogP contribution in [0.2, 0.25) is 0 Å². The lowest BCUT2D eigenvalue weighted by Crippen LogP contribution is -2.34. The standard InChI is InChI=1S/C8H8N4OS/c9-12-7(13)11-8-10-5-3-1-2-4-6(5)14-8/h1-4H,9H2,(H2,10,11,12,13). The average molecular weight is 208 g/mol. The molecule has 2 rings (SSSR count). The highest BCUT2D eigenvalue weighted by Crippen LogP contribution is 2.24.